The molecule has 0 saturated heterocycles. The minimum atomic E-state index is -0.250. The first-order valence-corrected chi connectivity index (χ1v) is 6.00. The van der Waals surface area contributed by atoms with Crippen molar-refractivity contribution in [1.82, 2.24) is 0 Å². The lowest BCUT2D eigenvalue weighted by Gasteiger charge is -1.94. The van der Waals surface area contributed by atoms with E-state index in [1.807, 2.05) is 27.7 Å². The average Bonchev–Trinajstić information content (AvgIpc) is 2.43. The highest BCUT2D eigenvalue weighted by Crippen LogP contribution is 2.03. The van der Waals surface area contributed by atoms with E-state index in [-0.39, 0.29) is 24.8 Å². The van der Waals surface area contributed by atoms with Crippen LogP contribution in [0.4, 0.5) is 4.39 Å². The predicted molar refractivity (Wildman–Crippen MR) is 75.2 cm³/mol. The second-order valence-corrected chi connectivity index (χ2v) is 3.28. The Balaban J connectivity index is -0.000000219. The van der Waals surface area contributed by atoms with E-state index in [9.17, 15) is 9.18 Å². The summed E-state index contributed by atoms with van der Waals surface area (Å²) in [6.07, 6.45) is 0.917. The number of halogens is 1. The SMILES string of the molecule is CC.CC(C)C=O.NCc1ccccc1F.O=CO. The first-order valence-electron chi connectivity index (χ1n) is 6.00. The summed E-state index contributed by atoms with van der Waals surface area (Å²) in [5.41, 5.74) is 5.78. The van der Waals surface area contributed by atoms with Gasteiger partial charge in [0.1, 0.15) is 12.1 Å². The first-order chi connectivity index (χ1) is 9.03. The van der Waals surface area contributed by atoms with Crippen molar-refractivity contribution in [2.24, 2.45) is 11.7 Å². The number of aldehydes is 1. The highest BCUT2D eigenvalue weighted by Gasteiger charge is 1.94. The summed E-state index contributed by atoms with van der Waals surface area (Å²) in [5, 5.41) is 6.89. The Labute approximate surface area is 114 Å². The molecule has 0 fully saturated rings. The maximum absolute atomic E-state index is 12.5. The molecule has 1 aromatic rings. The maximum atomic E-state index is 12.5. The molecule has 110 valence electrons. The van der Waals surface area contributed by atoms with Crippen LogP contribution in [0.5, 0.6) is 0 Å². The summed E-state index contributed by atoms with van der Waals surface area (Å²) in [7, 11) is 0. The molecule has 19 heavy (non-hydrogen) atoms. The molecule has 1 rings (SSSR count). The highest BCUT2D eigenvalue weighted by molar-refractivity contribution is 5.51. The second kappa shape index (κ2) is 18.6. The van der Waals surface area contributed by atoms with Gasteiger partial charge in [0.2, 0.25) is 0 Å². The van der Waals surface area contributed by atoms with Crippen LogP contribution in [0.15, 0.2) is 24.3 Å². The number of hydrogen-bond acceptors (Lipinski definition) is 3. The van der Waals surface area contributed by atoms with Crippen LogP contribution in [-0.2, 0) is 16.1 Å². The van der Waals surface area contributed by atoms with Crippen LogP contribution in [0.2, 0.25) is 0 Å². The van der Waals surface area contributed by atoms with Gasteiger partial charge in [-0.2, -0.15) is 0 Å². The lowest BCUT2D eigenvalue weighted by Crippen LogP contribution is -1.98. The molecule has 0 unspecified atom stereocenters. The Bertz CT molecular complexity index is 317. The van der Waals surface area contributed by atoms with Crippen molar-refractivity contribution in [1.29, 1.82) is 0 Å². The van der Waals surface area contributed by atoms with Gasteiger partial charge in [-0.15, -0.1) is 0 Å². The van der Waals surface area contributed by atoms with Gasteiger partial charge in [0.05, 0.1) is 0 Å². The normalized spacial score (nSPS) is 7.74. The van der Waals surface area contributed by atoms with Gasteiger partial charge in [-0.3, -0.25) is 4.79 Å². The lowest BCUT2D eigenvalue weighted by molar-refractivity contribution is -0.122. The largest absolute Gasteiger partial charge is 0.483 e. The van der Waals surface area contributed by atoms with Gasteiger partial charge in [-0.05, 0) is 6.07 Å². The molecular weight excluding hydrogens is 249 g/mol. The van der Waals surface area contributed by atoms with Gasteiger partial charge < -0.3 is 15.6 Å². The minimum Gasteiger partial charge on any atom is -0.483 e. The Morgan fingerprint density at radius 1 is 1.26 bits per heavy atom. The number of carbonyl (C=O) groups excluding carboxylic acids is 1. The molecule has 3 N–H and O–H groups in total. The van der Waals surface area contributed by atoms with Gasteiger partial charge >= 0.3 is 0 Å². The summed E-state index contributed by atoms with van der Waals surface area (Å²) in [6.45, 7) is 7.73. The van der Waals surface area contributed by atoms with E-state index < -0.39 is 0 Å². The smallest absolute Gasteiger partial charge is 0.290 e. The van der Waals surface area contributed by atoms with Crippen LogP contribution < -0.4 is 5.73 Å². The van der Waals surface area contributed by atoms with E-state index >= 15 is 0 Å². The Morgan fingerprint density at radius 2 is 1.63 bits per heavy atom. The summed E-state index contributed by atoms with van der Waals surface area (Å²) in [4.78, 5) is 17.9. The van der Waals surface area contributed by atoms with Crippen molar-refractivity contribution in [3.05, 3.63) is 35.6 Å². The van der Waals surface area contributed by atoms with E-state index in [1.165, 1.54) is 6.07 Å². The molecule has 5 heteroatoms. The lowest BCUT2D eigenvalue weighted by atomic mass is 10.2. The zero-order valence-corrected chi connectivity index (χ0v) is 12.0. The molecule has 0 bridgehead atoms. The average molecular weight is 273 g/mol. The van der Waals surface area contributed by atoms with Crippen molar-refractivity contribution in [3.8, 4) is 0 Å². The van der Waals surface area contributed by atoms with E-state index in [0.29, 0.717) is 5.56 Å². The third kappa shape index (κ3) is 18.8. The van der Waals surface area contributed by atoms with E-state index in [4.69, 9.17) is 15.6 Å². The highest BCUT2D eigenvalue weighted by atomic mass is 19.1. The van der Waals surface area contributed by atoms with Gasteiger partial charge in [-0.25, -0.2) is 4.39 Å². The molecular formula is C14H24FNO3. The maximum Gasteiger partial charge on any atom is 0.290 e. The quantitative estimate of drug-likeness (QED) is 0.812. The molecule has 0 heterocycles. The van der Waals surface area contributed by atoms with Crippen LogP contribution in [0, 0.1) is 11.7 Å². The van der Waals surface area contributed by atoms with Crippen molar-refractivity contribution >= 4 is 12.8 Å². The third-order valence-corrected chi connectivity index (χ3v) is 1.45. The van der Waals surface area contributed by atoms with Crippen molar-refractivity contribution in [3.63, 3.8) is 0 Å². The molecule has 1 aromatic carbocycles. The number of carboxylic acid groups (broad SMARTS) is 1. The zero-order valence-electron chi connectivity index (χ0n) is 12.0. The van der Waals surface area contributed by atoms with Crippen LogP contribution >= 0.6 is 0 Å². The first kappa shape index (κ1) is 22.4. The molecule has 0 aromatic heterocycles. The zero-order chi connectivity index (χ0) is 15.7. The summed E-state index contributed by atoms with van der Waals surface area (Å²) < 4.78 is 12.5. The monoisotopic (exact) mass is 273 g/mol. The number of hydrogen-bond donors (Lipinski definition) is 2. The summed E-state index contributed by atoms with van der Waals surface area (Å²) in [5.74, 6) is -0.0185. The van der Waals surface area contributed by atoms with Gasteiger partial charge in [0.25, 0.3) is 6.47 Å². The molecule has 0 amide bonds. The Morgan fingerprint density at radius 3 is 1.84 bits per heavy atom. The van der Waals surface area contributed by atoms with Crippen LogP contribution in [0.25, 0.3) is 0 Å². The van der Waals surface area contributed by atoms with Crippen molar-refractivity contribution in [2.75, 3.05) is 0 Å². The molecule has 0 aliphatic carbocycles. The second-order valence-electron chi connectivity index (χ2n) is 3.28. The van der Waals surface area contributed by atoms with Crippen molar-refractivity contribution < 1.29 is 19.1 Å². The molecule has 0 atom stereocenters. The van der Waals surface area contributed by atoms with Gasteiger partial charge in [0, 0.05) is 18.0 Å². The summed E-state index contributed by atoms with van der Waals surface area (Å²) >= 11 is 0. The number of rotatable bonds is 2. The van der Waals surface area contributed by atoms with Crippen molar-refractivity contribution in [2.45, 2.75) is 34.2 Å². The Hall–Kier alpha value is -1.75. The van der Waals surface area contributed by atoms with E-state index in [1.54, 1.807) is 18.2 Å². The molecule has 4 nitrogen and oxygen atoms in total. The standard InChI is InChI=1S/C7H8FN.C4H8O.C2H6.CH2O2/c8-7-4-2-1-3-6(7)5-9;1-4(2)3-5;1-2;2-1-3/h1-4H,5,9H2;3-4H,1-2H3;1-2H3;1H,(H,2,3). The van der Waals surface area contributed by atoms with Crippen LogP contribution in [0.3, 0.4) is 0 Å². The molecule has 0 saturated carbocycles. The van der Waals surface area contributed by atoms with E-state index in [2.05, 4.69) is 0 Å². The molecule has 0 spiro atoms. The fraction of sp³-hybridized carbons (Fsp3) is 0.429. The Kier molecular flexibility index (Phi) is 22.0. The van der Waals surface area contributed by atoms with Gasteiger partial charge in [-0.1, -0.05) is 45.9 Å². The number of carbonyl (C=O) groups is 2. The number of nitrogens with two attached hydrogens (primary N) is 1. The number of benzene rings is 1. The fourth-order valence-electron chi connectivity index (χ4n) is 0.664. The van der Waals surface area contributed by atoms with Crippen LogP contribution in [0.1, 0.15) is 33.3 Å². The molecule has 0 radical (unpaired) electrons. The molecule has 0 aliphatic heterocycles. The minimum absolute atomic E-state index is 0.204. The third-order valence-electron chi connectivity index (χ3n) is 1.45. The fourth-order valence-corrected chi connectivity index (χ4v) is 0.664. The predicted octanol–water partition coefficient (Wildman–Crippen LogP) is 2.85. The topological polar surface area (TPSA) is 80.4 Å². The van der Waals surface area contributed by atoms with Gasteiger partial charge in [0.15, 0.2) is 0 Å². The summed E-state index contributed by atoms with van der Waals surface area (Å²) in [6, 6.07) is 6.50. The van der Waals surface area contributed by atoms with E-state index in [0.717, 1.165) is 6.29 Å². The van der Waals surface area contributed by atoms with Crippen LogP contribution in [-0.4, -0.2) is 17.9 Å². The molecule has 0 aliphatic rings.